The molecular formula is C12H20NO3Sn. The Kier molecular flexibility index (Phi) is 12.2. The molecule has 0 saturated carbocycles. The number of hydrogen-bond acceptors (Lipinski definition) is 4. The van der Waals surface area contributed by atoms with E-state index in [1.807, 2.05) is 6.07 Å². The molecule has 1 aromatic rings. The van der Waals surface area contributed by atoms with Crippen molar-refractivity contribution in [1.29, 1.82) is 0 Å². The standard InChI is InChI=1S/C6H15NO3.C6H5.Sn/c8-4-1-7(2-5-9)3-6-10;1-2-4-6-5-3-1;/h8-10H,1-6H2;1-5H;. The quantitative estimate of drug-likeness (QED) is 0.564. The van der Waals surface area contributed by atoms with Gasteiger partial charge in [0.15, 0.2) is 0 Å². The molecule has 0 spiro atoms. The fourth-order valence-corrected chi connectivity index (χ4v) is 1.75. The van der Waals surface area contributed by atoms with Crippen LogP contribution in [-0.4, -0.2) is 82.2 Å². The minimum atomic E-state index is 0.0694. The Morgan fingerprint density at radius 3 is 1.47 bits per heavy atom. The van der Waals surface area contributed by atoms with E-state index < -0.39 is 0 Å². The number of rotatable bonds is 6. The van der Waals surface area contributed by atoms with Gasteiger partial charge in [-0.3, -0.25) is 4.90 Å². The van der Waals surface area contributed by atoms with Gasteiger partial charge in [-0.15, -0.1) is 0 Å². The van der Waals surface area contributed by atoms with Crippen LogP contribution in [-0.2, 0) is 0 Å². The van der Waals surface area contributed by atoms with E-state index in [-0.39, 0.29) is 19.8 Å². The van der Waals surface area contributed by atoms with Crippen LogP contribution in [0, 0.1) is 0 Å². The molecule has 0 unspecified atom stereocenters. The molecule has 0 saturated heterocycles. The summed E-state index contributed by atoms with van der Waals surface area (Å²) in [6.45, 7) is 1.75. The number of aliphatic hydroxyl groups is 3. The van der Waals surface area contributed by atoms with Gasteiger partial charge in [0, 0.05) is 19.6 Å². The first-order chi connectivity index (χ1) is 8.24. The number of nitrogens with zero attached hydrogens (tertiary/aromatic N) is 1. The van der Waals surface area contributed by atoms with Crippen LogP contribution >= 0.6 is 0 Å². The van der Waals surface area contributed by atoms with E-state index in [0.29, 0.717) is 19.6 Å². The fourth-order valence-electron chi connectivity index (χ4n) is 1.20. The second kappa shape index (κ2) is 12.3. The number of benzene rings is 1. The van der Waals surface area contributed by atoms with Gasteiger partial charge in [0.1, 0.15) is 0 Å². The monoisotopic (exact) mass is 346 g/mol. The number of hydrogen-bond donors (Lipinski definition) is 3. The summed E-state index contributed by atoms with van der Waals surface area (Å²) in [7, 11) is 0. The van der Waals surface area contributed by atoms with Gasteiger partial charge in [-0.1, -0.05) is 0 Å². The molecule has 3 radical (unpaired) electrons. The summed E-state index contributed by atoms with van der Waals surface area (Å²) < 4.78 is 1.41. The molecule has 0 bridgehead atoms. The SMILES string of the molecule is OCCN(CCO)CCO.[Sn][c]1ccccc1. The molecular weight excluding hydrogens is 325 g/mol. The summed E-state index contributed by atoms with van der Waals surface area (Å²) in [5.74, 6) is 0. The predicted molar refractivity (Wildman–Crippen MR) is 69.5 cm³/mol. The first kappa shape index (κ1) is 16.9. The Labute approximate surface area is 116 Å². The molecule has 5 heteroatoms. The fraction of sp³-hybridized carbons (Fsp3) is 0.500. The Balaban J connectivity index is 0.000000318. The van der Waals surface area contributed by atoms with Crippen molar-refractivity contribution in [2.45, 2.75) is 0 Å². The zero-order valence-corrected chi connectivity index (χ0v) is 12.8. The molecule has 4 nitrogen and oxygen atoms in total. The first-order valence-corrected chi connectivity index (χ1v) is 6.99. The number of aliphatic hydroxyl groups excluding tert-OH is 3. The van der Waals surface area contributed by atoms with Crippen molar-refractivity contribution in [2.24, 2.45) is 0 Å². The van der Waals surface area contributed by atoms with Gasteiger partial charge in [-0.25, -0.2) is 0 Å². The van der Waals surface area contributed by atoms with Crippen LogP contribution in [0.25, 0.3) is 0 Å². The van der Waals surface area contributed by atoms with E-state index in [2.05, 4.69) is 24.3 Å². The molecule has 95 valence electrons. The Morgan fingerprint density at radius 1 is 0.824 bits per heavy atom. The van der Waals surface area contributed by atoms with E-state index in [1.54, 1.807) is 4.90 Å². The second-order valence-corrected chi connectivity index (χ2v) is 5.03. The summed E-state index contributed by atoms with van der Waals surface area (Å²) >= 11 is 1.49. The normalized spacial score (nSPS) is 9.94. The van der Waals surface area contributed by atoms with Gasteiger partial charge in [-0.05, 0) is 0 Å². The third-order valence-corrected chi connectivity index (χ3v) is 2.97. The van der Waals surface area contributed by atoms with Crippen molar-refractivity contribution < 1.29 is 15.3 Å². The first-order valence-electron chi connectivity index (χ1n) is 5.56. The van der Waals surface area contributed by atoms with Crippen molar-refractivity contribution in [1.82, 2.24) is 4.90 Å². The van der Waals surface area contributed by atoms with Crippen LogP contribution in [0.3, 0.4) is 0 Å². The molecule has 0 fully saturated rings. The van der Waals surface area contributed by atoms with Crippen LogP contribution in [0.5, 0.6) is 0 Å². The Bertz CT molecular complexity index is 245. The summed E-state index contributed by atoms with van der Waals surface area (Å²) in [4.78, 5) is 1.79. The molecule has 1 aromatic carbocycles. The maximum atomic E-state index is 8.48. The molecule has 0 aliphatic carbocycles. The predicted octanol–water partition coefficient (Wildman–Crippen LogP) is -1.25. The Morgan fingerprint density at radius 2 is 1.24 bits per heavy atom. The van der Waals surface area contributed by atoms with Crippen LogP contribution in [0.1, 0.15) is 0 Å². The van der Waals surface area contributed by atoms with Gasteiger partial charge in [0.25, 0.3) is 0 Å². The maximum absolute atomic E-state index is 8.48. The van der Waals surface area contributed by atoms with Crippen molar-refractivity contribution >= 4 is 26.1 Å². The third kappa shape index (κ3) is 10.7. The van der Waals surface area contributed by atoms with E-state index in [9.17, 15) is 0 Å². The molecule has 1 rings (SSSR count). The van der Waals surface area contributed by atoms with Crippen molar-refractivity contribution in [3.8, 4) is 0 Å². The van der Waals surface area contributed by atoms with Crippen molar-refractivity contribution in [3.05, 3.63) is 30.3 Å². The van der Waals surface area contributed by atoms with Crippen LogP contribution in [0.2, 0.25) is 0 Å². The van der Waals surface area contributed by atoms with Gasteiger partial charge in [-0.2, -0.15) is 0 Å². The summed E-state index contributed by atoms with van der Waals surface area (Å²) in [6, 6.07) is 10.4. The van der Waals surface area contributed by atoms with Crippen LogP contribution in [0.4, 0.5) is 0 Å². The van der Waals surface area contributed by atoms with Crippen LogP contribution in [0.15, 0.2) is 30.3 Å². The van der Waals surface area contributed by atoms with Gasteiger partial charge < -0.3 is 15.3 Å². The van der Waals surface area contributed by atoms with Gasteiger partial charge in [0.05, 0.1) is 19.8 Å². The summed E-state index contributed by atoms with van der Waals surface area (Å²) in [5, 5.41) is 25.5. The van der Waals surface area contributed by atoms with Crippen molar-refractivity contribution in [3.63, 3.8) is 0 Å². The van der Waals surface area contributed by atoms with E-state index in [0.717, 1.165) is 0 Å². The Hall–Kier alpha value is -0.141. The average Bonchev–Trinajstić information content (AvgIpc) is 2.32. The van der Waals surface area contributed by atoms with E-state index in [1.165, 1.54) is 26.1 Å². The molecule has 0 aromatic heterocycles. The molecule has 17 heavy (non-hydrogen) atoms. The summed E-state index contributed by atoms with van der Waals surface area (Å²) in [6.07, 6.45) is 0. The van der Waals surface area contributed by atoms with Gasteiger partial charge in [0.2, 0.25) is 0 Å². The van der Waals surface area contributed by atoms with E-state index >= 15 is 0 Å². The molecule has 0 amide bonds. The molecule has 0 heterocycles. The zero-order chi connectivity index (χ0) is 12.9. The molecule has 3 N–H and O–H groups in total. The summed E-state index contributed by atoms with van der Waals surface area (Å²) in [5.41, 5.74) is 0. The molecule has 0 aliphatic rings. The van der Waals surface area contributed by atoms with Crippen LogP contribution < -0.4 is 3.58 Å². The average molecular weight is 345 g/mol. The second-order valence-electron chi connectivity index (χ2n) is 3.38. The minimum absolute atomic E-state index is 0.0694. The van der Waals surface area contributed by atoms with Crippen molar-refractivity contribution in [2.75, 3.05) is 39.5 Å². The van der Waals surface area contributed by atoms with Gasteiger partial charge >= 0.3 is 56.4 Å². The molecule has 0 atom stereocenters. The topological polar surface area (TPSA) is 63.9 Å². The zero-order valence-electron chi connectivity index (χ0n) is 9.92. The third-order valence-electron chi connectivity index (χ3n) is 2.02. The molecule has 0 aliphatic heterocycles. The van der Waals surface area contributed by atoms with E-state index in [4.69, 9.17) is 15.3 Å².